The maximum atomic E-state index is 12.8. The zero-order chi connectivity index (χ0) is 16.5. The molecule has 1 amide bonds. The maximum absolute atomic E-state index is 12.8. The zero-order valence-electron chi connectivity index (χ0n) is 13.6. The molecule has 0 saturated carbocycles. The molecule has 6 heteroatoms. The summed E-state index contributed by atoms with van der Waals surface area (Å²) in [5, 5.41) is 9.03. The summed E-state index contributed by atoms with van der Waals surface area (Å²) in [6.45, 7) is 8.98. The second kappa shape index (κ2) is 9.02. The number of benzene rings is 1. The van der Waals surface area contributed by atoms with Crippen LogP contribution >= 0.6 is 0 Å². The highest BCUT2D eigenvalue weighted by atomic mass is 19.1. The molecule has 0 aliphatic carbocycles. The molecular weight excluding hydrogens is 283 g/mol. The molecule has 0 saturated heterocycles. The van der Waals surface area contributed by atoms with Crippen LogP contribution in [0.15, 0.2) is 29.3 Å². The third-order valence-corrected chi connectivity index (χ3v) is 3.22. The van der Waals surface area contributed by atoms with E-state index >= 15 is 0 Å². The molecule has 0 spiro atoms. The third kappa shape index (κ3) is 6.56. The van der Waals surface area contributed by atoms with Gasteiger partial charge >= 0.3 is 0 Å². The van der Waals surface area contributed by atoms with Crippen molar-refractivity contribution in [2.45, 2.75) is 33.7 Å². The molecule has 0 aliphatic heterocycles. The van der Waals surface area contributed by atoms with Gasteiger partial charge in [-0.15, -0.1) is 0 Å². The summed E-state index contributed by atoms with van der Waals surface area (Å²) in [6, 6.07) is 5.88. The molecule has 0 aromatic heterocycles. The summed E-state index contributed by atoms with van der Waals surface area (Å²) in [4.78, 5) is 16.1. The van der Waals surface area contributed by atoms with E-state index in [1.54, 1.807) is 0 Å². The van der Waals surface area contributed by atoms with E-state index < -0.39 is 0 Å². The lowest BCUT2D eigenvalue weighted by Crippen LogP contribution is -2.44. The fourth-order valence-corrected chi connectivity index (χ4v) is 1.59. The lowest BCUT2D eigenvalue weighted by atomic mass is 10.1. The van der Waals surface area contributed by atoms with Crippen LogP contribution in [0.2, 0.25) is 0 Å². The Bertz CT molecular complexity index is 499. The minimum absolute atomic E-state index is 0.00246. The van der Waals surface area contributed by atoms with Gasteiger partial charge in [0.2, 0.25) is 5.91 Å². The van der Waals surface area contributed by atoms with Gasteiger partial charge in [-0.3, -0.25) is 4.79 Å². The predicted octanol–water partition coefficient (Wildman–Crippen LogP) is 2.36. The van der Waals surface area contributed by atoms with Crippen LogP contribution in [0.25, 0.3) is 0 Å². The number of carbonyl (C=O) groups excluding carboxylic acids is 1. The number of amides is 1. The van der Waals surface area contributed by atoms with Gasteiger partial charge in [0, 0.05) is 18.3 Å². The first-order chi connectivity index (χ1) is 10.4. The minimum Gasteiger partial charge on any atom is -0.357 e. The van der Waals surface area contributed by atoms with E-state index in [-0.39, 0.29) is 24.3 Å². The number of hydrogen-bond donors (Lipinski definition) is 3. The smallest absolute Gasteiger partial charge is 0.246 e. The summed E-state index contributed by atoms with van der Waals surface area (Å²) >= 11 is 0. The number of hydrogen-bond acceptors (Lipinski definition) is 2. The van der Waals surface area contributed by atoms with Crippen LogP contribution in [0.4, 0.5) is 10.1 Å². The van der Waals surface area contributed by atoms with Crippen molar-refractivity contribution in [2.24, 2.45) is 10.9 Å². The molecule has 1 aromatic rings. The quantitative estimate of drug-likeness (QED) is 0.558. The molecule has 1 aromatic carbocycles. The van der Waals surface area contributed by atoms with Gasteiger partial charge in [0.15, 0.2) is 5.96 Å². The molecule has 3 N–H and O–H groups in total. The Labute approximate surface area is 131 Å². The fourth-order valence-electron chi connectivity index (χ4n) is 1.59. The molecule has 1 atom stereocenters. The molecule has 22 heavy (non-hydrogen) atoms. The lowest BCUT2D eigenvalue weighted by molar-refractivity contribution is -0.114. The molecule has 0 heterocycles. The van der Waals surface area contributed by atoms with E-state index in [1.165, 1.54) is 24.3 Å². The van der Waals surface area contributed by atoms with E-state index in [9.17, 15) is 9.18 Å². The Kier molecular flexibility index (Phi) is 7.36. The average molecular weight is 308 g/mol. The van der Waals surface area contributed by atoms with Crippen LogP contribution in [0.5, 0.6) is 0 Å². The Morgan fingerprint density at radius 3 is 2.41 bits per heavy atom. The van der Waals surface area contributed by atoms with Crippen LogP contribution in [0.3, 0.4) is 0 Å². The average Bonchev–Trinajstić information content (AvgIpc) is 2.47. The first kappa shape index (κ1) is 17.9. The molecule has 1 unspecified atom stereocenters. The van der Waals surface area contributed by atoms with E-state index in [4.69, 9.17) is 0 Å². The SMILES string of the molecule is CCNC(=NCC(=O)Nc1ccc(F)cc1)NC(C)C(C)C. The predicted molar refractivity (Wildman–Crippen MR) is 88.4 cm³/mol. The first-order valence-corrected chi connectivity index (χ1v) is 7.52. The normalized spacial score (nSPS) is 12.9. The Hall–Kier alpha value is -2.11. The molecular formula is C16H25FN4O. The number of halogens is 1. The van der Waals surface area contributed by atoms with E-state index in [1.807, 2.05) is 6.92 Å². The molecule has 122 valence electrons. The van der Waals surface area contributed by atoms with Gasteiger partial charge in [0.25, 0.3) is 0 Å². The van der Waals surface area contributed by atoms with Crippen molar-refractivity contribution >= 4 is 17.6 Å². The highest BCUT2D eigenvalue weighted by Gasteiger charge is 2.09. The second-order valence-electron chi connectivity index (χ2n) is 5.43. The number of nitrogens with one attached hydrogen (secondary N) is 3. The van der Waals surface area contributed by atoms with Crippen molar-refractivity contribution in [3.63, 3.8) is 0 Å². The zero-order valence-corrected chi connectivity index (χ0v) is 13.6. The summed E-state index contributed by atoms with van der Waals surface area (Å²) < 4.78 is 12.8. The van der Waals surface area contributed by atoms with Crippen molar-refractivity contribution in [3.05, 3.63) is 30.1 Å². The lowest BCUT2D eigenvalue weighted by Gasteiger charge is -2.20. The van der Waals surface area contributed by atoms with Crippen LogP contribution < -0.4 is 16.0 Å². The summed E-state index contributed by atoms with van der Waals surface area (Å²) in [6.07, 6.45) is 0. The number of aliphatic imine (C=N–C) groups is 1. The number of nitrogens with zero attached hydrogens (tertiary/aromatic N) is 1. The van der Waals surface area contributed by atoms with E-state index in [0.29, 0.717) is 17.6 Å². The number of anilines is 1. The van der Waals surface area contributed by atoms with Crippen LogP contribution in [0, 0.1) is 11.7 Å². The number of carbonyl (C=O) groups is 1. The van der Waals surface area contributed by atoms with Crippen LogP contribution in [0.1, 0.15) is 27.7 Å². The van der Waals surface area contributed by atoms with E-state index in [2.05, 4.69) is 41.7 Å². The third-order valence-electron chi connectivity index (χ3n) is 3.22. The Morgan fingerprint density at radius 1 is 1.23 bits per heavy atom. The van der Waals surface area contributed by atoms with Gasteiger partial charge in [-0.2, -0.15) is 0 Å². The number of guanidine groups is 1. The monoisotopic (exact) mass is 308 g/mol. The summed E-state index contributed by atoms with van der Waals surface area (Å²) in [7, 11) is 0. The second-order valence-corrected chi connectivity index (χ2v) is 5.43. The molecule has 0 bridgehead atoms. The topological polar surface area (TPSA) is 65.5 Å². The van der Waals surface area contributed by atoms with Gasteiger partial charge in [0.1, 0.15) is 12.4 Å². The number of rotatable bonds is 6. The maximum Gasteiger partial charge on any atom is 0.246 e. The summed E-state index contributed by atoms with van der Waals surface area (Å²) in [5.74, 6) is 0.480. The standard InChI is InChI=1S/C16H25FN4O/c1-5-18-16(20-12(4)11(2)3)19-10-15(22)21-14-8-6-13(17)7-9-14/h6-9,11-12H,5,10H2,1-4H3,(H,21,22)(H2,18,19,20). The van der Waals surface area contributed by atoms with E-state index in [0.717, 1.165) is 6.54 Å². The van der Waals surface area contributed by atoms with Gasteiger partial charge in [-0.05, 0) is 44.0 Å². The Balaban J connectivity index is 2.57. The van der Waals surface area contributed by atoms with Crippen LogP contribution in [-0.4, -0.2) is 31.0 Å². The largest absolute Gasteiger partial charge is 0.357 e. The van der Waals surface area contributed by atoms with Crippen molar-refractivity contribution in [2.75, 3.05) is 18.4 Å². The first-order valence-electron chi connectivity index (χ1n) is 7.52. The highest BCUT2D eigenvalue weighted by Crippen LogP contribution is 2.07. The van der Waals surface area contributed by atoms with Crippen molar-refractivity contribution in [1.82, 2.24) is 10.6 Å². The molecule has 0 fully saturated rings. The molecule has 0 aliphatic rings. The Morgan fingerprint density at radius 2 is 1.86 bits per heavy atom. The highest BCUT2D eigenvalue weighted by molar-refractivity contribution is 5.94. The van der Waals surface area contributed by atoms with Gasteiger partial charge < -0.3 is 16.0 Å². The molecule has 1 rings (SSSR count). The van der Waals surface area contributed by atoms with Gasteiger partial charge in [0.05, 0.1) is 0 Å². The van der Waals surface area contributed by atoms with Crippen molar-refractivity contribution < 1.29 is 9.18 Å². The van der Waals surface area contributed by atoms with Crippen molar-refractivity contribution in [1.29, 1.82) is 0 Å². The van der Waals surface area contributed by atoms with Crippen LogP contribution in [-0.2, 0) is 4.79 Å². The fraction of sp³-hybridized carbons (Fsp3) is 0.500. The van der Waals surface area contributed by atoms with Gasteiger partial charge in [-0.25, -0.2) is 9.38 Å². The minimum atomic E-state index is -0.336. The summed E-state index contributed by atoms with van der Waals surface area (Å²) in [5.41, 5.74) is 0.551. The molecule has 5 nitrogen and oxygen atoms in total. The molecule has 0 radical (unpaired) electrons. The van der Waals surface area contributed by atoms with Gasteiger partial charge in [-0.1, -0.05) is 13.8 Å². The van der Waals surface area contributed by atoms with Crippen molar-refractivity contribution in [3.8, 4) is 0 Å².